The second kappa shape index (κ2) is 5.09. The van der Waals surface area contributed by atoms with Gasteiger partial charge in [-0.05, 0) is 28.9 Å². The van der Waals surface area contributed by atoms with Crippen molar-refractivity contribution in [3.05, 3.63) is 34.7 Å². The zero-order valence-electron chi connectivity index (χ0n) is 9.53. The van der Waals surface area contributed by atoms with Crippen LogP contribution in [0.25, 0.3) is 0 Å². The van der Waals surface area contributed by atoms with Crippen molar-refractivity contribution < 1.29 is 0 Å². The topological polar surface area (TPSA) is 62.7 Å². The number of anilines is 3. The molecule has 2 aromatic rings. The molecule has 2 N–H and O–H groups in total. The Kier molecular flexibility index (Phi) is 3.53. The van der Waals surface area contributed by atoms with Crippen molar-refractivity contribution in [2.24, 2.45) is 0 Å². The molecule has 17 heavy (non-hydrogen) atoms. The number of aryl methyl sites for hydroxylation is 1. The van der Waals surface area contributed by atoms with E-state index in [2.05, 4.69) is 41.5 Å². The molecule has 0 aliphatic heterocycles. The van der Waals surface area contributed by atoms with Gasteiger partial charge in [0, 0.05) is 29.5 Å². The smallest absolute Gasteiger partial charge is 0.224 e. The van der Waals surface area contributed by atoms with Crippen molar-refractivity contribution in [2.45, 2.75) is 6.92 Å². The summed E-state index contributed by atoms with van der Waals surface area (Å²) in [7, 11) is 1.79. The van der Waals surface area contributed by atoms with Crippen LogP contribution in [-0.2, 0) is 0 Å². The normalized spacial score (nSPS) is 10.1. The van der Waals surface area contributed by atoms with E-state index in [0.29, 0.717) is 5.95 Å². The molecule has 2 aromatic heterocycles. The Labute approximate surface area is 108 Å². The number of hydrogen-bond donors (Lipinski definition) is 2. The van der Waals surface area contributed by atoms with E-state index in [-0.39, 0.29) is 0 Å². The zero-order valence-corrected chi connectivity index (χ0v) is 11.1. The number of halogens is 1. The van der Waals surface area contributed by atoms with Gasteiger partial charge in [-0.25, -0.2) is 4.98 Å². The van der Waals surface area contributed by atoms with E-state index in [0.717, 1.165) is 21.5 Å². The number of pyridine rings is 1. The Hall–Kier alpha value is -1.69. The number of rotatable bonds is 3. The van der Waals surface area contributed by atoms with Crippen LogP contribution in [0.5, 0.6) is 0 Å². The second-order valence-corrected chi connectivity index (χ2v) is 4.41. The van der Waals surface area contributed by atoms with E-state index in [9.17, 15) is 0 Å². The summed E-state index contributed by atoms with van der Waals surface area (Å²) in [5.41, 5.74) is 1.85. The summed E-state index contributed by atoms with van der Waals surface area (Å²) in [4.78, 5) is 12.6. The van der Waals surface area contributed by atoms with E-state index < -0.39 is 0 Å². The summed E-state index contributed by atoms with van der Waals surface area (Å²) >= 11 is 3.37. The quantitative estimate of drug-likeness (QED) is 0.911. The van der Waals surface area contributed by atoms with Gasteiger partial charge in [0.25, 0.3) is 0 Å². The molecule has 0 atom stereocenters. The second-order valence-electron chi connectivity index (χ2n) is 3.49. The minimum absolute atomic E-state index is 0.584. The third kappa shape index (κ3) is 2.91. The van der Waals surface area contributed by atoms with Crippen LogP contribution in [0.1, 0.15) is 5.56 Å². The van der Waals surface area contributed by atoms with Crippen molar-refractivity contribution in [1.82, 2.24) is 15.0 Å². The first-order chi connectivity index (χ1) is 8.19. The summed E-state index contributed by atoms with van der Waals surface area (Å²) in [6, 6.07) is 1.94. The molecule has 0 bridgehead atoms. The van der Waals surface area contributed by atoms with Gasteiger partial charge in [-0.2, -0.15) is 4.98 Å². The largest absolute Gasteiger partial charge is 0.357 e. The molecular formula is C11H12BrN5. The molecule has 0 saturated heterocycles. The average molecular weight is 294 g/mol. The lowest BCUT2D eigenvalue weighted by Gasteiger charge is -2.09. The average Bonchev–Trinajstić information content (AvgIpc) is 2.32. The van der Waals surface area contributed by atoms with E-state index in [4.69, 9.17) is 0 Å². The maximum absolute atomic E-state index is 4.34. The fourth-order valence-electron chi connectivity index (χ4n) is 1.31. The van der Waals surface area contributed by atoms with Crippen LogP contribution in [0, 0.1) is 6.92 Å². The minimum atomic E-state index is 0.584. The third-order valence-electron chi connectivity index (χ3n) is 2.16. The van der Waals surface area contributed by atoms with E-state index >= 15 is 0 Å². The fourth-order valence-corrected chi connectivity index (χ4v) is 1.67. The van der Waals surface area contributed by atoms with Gasteiger partial charge in [-0.3, -0.25) is 4.98 Å². The summed E-state index contributed by atoms with van der Waals surface area (Å²) < 4.78 is 0.919. The molecule has 0 unspecified atom stereocenters. The van der Waals surface area contributed by atoms with Gasteiger partial charge >= 0.3 is 0 Å². The number of aromatic nitrogens is 3. The van der Waals surface area contributed by atoms with Gasteiger partial charge in [0.2, 0.25) is 5.95 Å². The molecule has 5 nitrogen and oxygen atoms in total. The highest BCUT2D eigenvalue weighted by molar-refractivity contribution is 9.10. The van der Waals surface area contributed by atoms with Gasteiger partial charge < -0.3 is 10.6 Å². The Bertz CT molecular complexity index is 529. The van der Waals surface area contributed by atoms with E-state index in [1.807, 2.05) is 13.0 Å². The van der Waals surface area contributed by atoms with Crippen LogP contribution in [0.3, 0.4) is 0 Å². The standard InChI is InChI=1S/C11H12BrN5/c1-7-4-15-11(13-2)17-10(7)16-9-3-8(12)5-14-6-9/h3-6H,1-2H3,(H2,13,15,16,17). The Morgan fingerprint density at radius 3 is 2.76 bits per heavy atom. The maximum atomic E-state index is 4.34. The summed E-state index contributed by atoms with van der Waals surface area (Å²) in [5, 5.41) is 6.11. The minimum Gasteiger partial charge on any atom is -0.357 e. The Morgan fingerprint density at radius 1 is 1.24 bits per heavy atom. The van der Waals surface area contributed by atoms with Crippen LogP contribution in [0.4, 0.5) is 17.5 Å². The highest BCUT2D eigenvalue weighted by atomic mass is 79.9. The van der Waals surface area contributed by atoms with Crippen LogP contribution in [0.2, 0.25) is 0 Å². The van der Waals surface area contributed by atoms with Crippen molar-refractivity contribution in [3.8, 4) is 0 Å². The van der Waals surface area contributed by atoms with Crippen molar-refractivity contribution >= 4 is 33.4 Å². The Balaban J connectivity index is 2.29. The van der Waals surface area contributed by atoms with Crippen LogP contribution >= 0.6 is 15.9 Å². The van der Waals surface area contributed by atoms with E-state index in [1.54, 1.807) is 25.6 Å². The summed E-state index contributed by atoms with van der Waals surface area (Å²) in [5.74, 6) is 1.35. The van der Waals surface area contributed by atoms with Crippen molar-refractivity contribution in [1.29, 1.82) is 0 Å². The molecule has 2 heterocycles. The van der Waals surface area contributed by atoms with Crippen LogP contribution in [-0.4, -0.2) is 22.0 Å². The fraction of sp³-hybridized carbons (Fsp3) is 0.182. The van der Waals surface area contributed by atoms with Gasteiger partial charge in [0.1, 0.15) is 5.82 Å². The SMILES string of the molecule is CNc1ncc(C)c(Nc2cncc(Br)c2)n1. The molecule has 0 spiro atoms. The highest BCUT2D eigenvalue weighted by Crippen LogP contribution is 2.20. The number of nitrogens with zero attached hydrogens (tertiary/aromatic N) is 3. The molecule has 6 heteroatoms. The van der Waals surface area contributed by atoms with Gasteiger partial charge in [0.15, 0.2) is 0 Å². The first kappa shape index (κ1) is 11.8. The molecule has 2 rings (SSSR count). The van der Waals surface area contributed by atoms with Gasteiger partial charge in [-0.1, -0.05) is 0 Å². The molecule has 0 radical (unpaired) electrons. The van der Waals surface area contributed by atoms with Crippen molar-refractivity contribution in [3.63, 3.8) is 0 Å². The lowest BCUT2D eigenvalue weighted by Crippen LogP contribution is -2.02. The van der Waals surface area contributed by atoms with Crippen molar-refractivity contribution in [2.75, 3.05) is 17.7 Å². The van der Waals surface area contributed by atoms with Gasteiger partial charge in [-0.15, -0.1) is 0 Å². The lowest BCUT2D eigenvalue weighted by molar-refractivity contribution is 1.12. The molecule has 0 amide bonds. The molecule has 0 aliphatic rings. The first-order valence-electron chi connectivity index (χ1n) is 5.08. The number of hydrogen-bond acceptors (Lipinski definition) is 5. The monoisotopic (exact) mass is 293 g/mol. The maximum Gasteiger partial charge on any atom is 0.224 e. The first-order valence-corrected chi connectivity index (χ1v) is 5.87. The molecule has 0 saturated carbocycles. The lowest BCUT2D eigenvalue weighted by atomic mass is 10.3. The Morgan fingerprint density at radius 2 is 2.06 bits per heavy atom. The summed E-state index contributed by atoms with van der Waals surface area (Å²) in [6.07, 6.45) is 5.25. The molecule has 0 aliphatic carbocycles. The zero-order chi connectivity index (χ0) is 12.3. The van der Waals surface area contributed by atoms with Crippen LogP contribution in [0.15, 0.2) is 29.1 Å². The number of nitrogens with one attached hydrogen (secondary N) is 2. The molecule has 0 fully saturated rings. The predicted octanol–water partition coefficient (Wildman–Crippen LogP) is 2.73. The molecule has 88 valence electrons. The predicted molar refractivity (Wildman–Crippen MR) is 71.5 cm³/mol. The molecule has 0 aromatic carbocycles. The highest BCUT2D eigenvalue weighted by Gasteiger charge is 2.03. The summed E-state index contributed by atoms with van der Waals surface area (Å²) in [6.45, 7) is 1.95. The van der Waals surface area contributed by atoms with Gasteiger partial charge in [0.05, 0.1) is 11.9 Å². The van der Waals surface area contributed by atoms with Crippen LogP contribution < -0.4 is 10.6 Å². The third-order valence-corrected chi connectivity index (χ3v) is 2.60. The van der Waals surface area contributed by atoms with E-state index in [1.165, 1.54) is 0 Å². The molecular weight excluding hydrogens is 282 g/mol.